The number of hydrogen-bond donors (Lipinski definition) is 1. The van der Waals surface area contributed by atoms with Gasteiger partial charge in [-0.25, -0.2) is 4.68 Å². The maximum Gasteiger partial charge on any atom is 0.133 e. The molecule has 1 aromatic heterocycles. The number of aryl methyl sites for hydroxylation is 1. The monoisotopic (exact) mass is 296 g/mol. The maximum absolute atomic E-state index is 4.94. The number of anilines is 1. The predicted molar refractivity (Wildman–Crippen MR) is 89.6 cm³/mol. The summed E-state index contributed by atoms with van der Waals surface area (Å²) < 4.78 is 2.10. The zero-order valence-electron chi connectivity index (χ0n) is 13.3. The van der Waals surface area contributed by atoms with Crippen LogP contribution in [0, 0.1) is 6.92 Å². The fraction of sp³-hybridized carbons (Fsp3) is 0.500. The number of benzene rings is 1. The lowest BCUT2D eigenvalue weighted by Crippen LogP contribution is -2.29. The fourth-order valence-corrected chi connectivity index (χ4v) is 3.57. The van der Waals surface area contributed by atoms with Crippen molar-refractivity contribution in [3.05, 3.63) is 41.1 Å². The number of rotatable bonds is 3. The Morgan fingerprint density at radius 2 is 1.86 bits per heavy atom. The molecule has 0 atom stereocenters. The van der Waals surface area contributed by atoms with Crippen molar-refractivity contribution in [2.75, 3.05) is 25.0 Å². The largest absolute Gasteiger partial charge is 0.369 e. The summed E-state index contributed by atoms with van der Waals surface area (Å²) in [5.74, 6) is 1.20. The highest BCUT2D eigenvalue weighted by Crippen LogP contribution is 2.30. The van der Waals surface area contributed by atoms with Crippen LogP contribution in [0.15, 0.2) is 24.3 Å². The Kier molecular flexibility index (Phi) is 3.62. The van der Waals surface area contributed by atoms with Crippen molar-refractivity contribution in [3.8, 4) is 5.69 Å². The first-order valence-corrected chi connectivity index (χ1v) is 8.45. The van der Waals surface area contributed by atoms with Crippen molar-refractivity contribution < 1.29 is 0 Å². The minimum absolute atomic E-state index is 1.00. The summed E-state index contributed by atoms with van der Waals surface area (Å²) in [7, 11) is 0. The quantitative estimate of drug-likeness (QED) is 0.944. The lowest BCUT2D eigenvalue weighted by molar-refractivity contribution is 0.217. The van der Waals surface area contributed by atoms with E-state index in [1.807, 2.05) is 0 Å². The van der Waals surface area contributed by atoms with Crippen LogP contribution >= 0.6 is 0 Å². The van der Waals surface area contributed by atoms with Crippen molar-refractivity contribution in [1.82, 2.24) is 14.7 Å². The van der Waals surface area contributed by atoms with Gasteiger partial charge in [0.05, 0.1) is 11.4 Å². The summed E-state index contributed by atoms with van der Waals surface area (Å²) in [5, 5.41) is 8.46. The van der Waals surface area contributed by atoms with Crippen LogP contribution in [0.1, 0.15) is 36.1 Å². The van der Waals surface area contributed by atoms with E-state index >= 15 is 0 Å². The van der Waals surface area contributed by atoms with Crippen molar-refractivity contribution in [3.63, 3.8) is 0 Å². The fourth-order valence-electron chi connectivity index (χ4n) is 3.57. The minimum atomic E-state index is 1.00. The van der Waals surface area contributed by atoms with Gasteiger partial charge in [0.25, 0.3) is 0 Å². The van der Waals surface area contributed by atoms with Crippen LogP contribution in [-0.2, 0) is 13.0 Å². The van der Waals surface area contributed by atoms with Gasteiger partial charge in [-0.15, -0.1) is 0 Å². The van der Waals surface area contributed by atoms with E-state index in [9.17, 15) is 0 Å². The number of fused-ring (bicyclic) bond motifs is 1. The summed E-state index contributed by atoms with van der Waals surface area (Å²) in [6, 6.07) is 8.63. The number of likely N-dealkylation sites (tertiary alicyclic amines) is 1. The Labute approximate surface area is 132 Å². The van der Waals surface area contributed by atoms with Gasteiger partial charge < -0.3 is 5.32 Å². The third-order valence-corrected chi connectivity index (χ3v) is 4.83. The number of nitrogens with one attached hydrogen (secondary N) is 1. The maximum atomic E-state index is 4.94. The Balaban J connectivity index is 1.65. The molecule has 0 saturated carbocycles. The van der Waals surface area contributed by atoms with Crippen LogP contribution in [0.25, 0.3) is 5.69 Å². The average Bonchev–Trinajstić information content (AvgIpc) is 3.13. The molecule has 0 radical (unpaired) electrons. The van der Waals surface area contributed by atoms with E-state index in [-0.39, 0.29) is 0 Å². The molecule has 2 aliphatic rings. The molecule has 1 fully saturated rings. The predicted octanol–water partition coefficient (Wildman–Crippen LogP) is 3.13. The molecule has 1 saturated heterocycles. The Morgan fingerprint density at radius 3 is 2.64 bits per heavy atom. The molecule has 0 spiro atoms. The molecule has 0 unspecified atom stereocenters. The third kappa shape index (κ3) is 2.52. The summed E-state index contributed by atoms with van der Waals surface area (Å²) in [5.41, 5.74) is 5.13. The molecule has 116 valence electrons. The van der Waals surface area contributed by atoms with Gasteiger partial charge in [0.2, 0.25) is 0 Å². The lowest BCUT2D eigenvalue weighted by atomic mass is 10.1. The van der Waals surface area contributed by atoms with Crippen molar-refractivity contribution in [2.24, 2.45) is 0 Å². The smallest absolute Gasteiger partial charge is 0.133 e. The highest BCUT2D eigenvalue weighted by atomic mass is 15.4. The molecule has 0 aliphatic carbocycles. The van der Waals surface area contributed by atoms with Crippen LogP contribution < -0.4 is 5.32 Å². The second-order valence-electron chi connectivity index (χ2n) is 6.53. The first-order chi connectivity index (χ1) is 10.8. The van der Waals surface area contributed by atoms with Gasteiger partial charge in [0.15, 0.2) is 0 Å². The van der Waals surface area contributed by atoms with Crippen LogP contribution in [0.4, 0.5) is 5.82 Å². The van der Waals surface area contributed by atoms with E-state index in [1.165, 1.54) is 55.0 Å². The van der Waals surface area contributed by atoms with E-state index in [2.05, 4.69) is 46.1 Å². The highest BCUT2D eigenvalue weighted by Gasteiger charge is 2.24. The number of aromatic nitrogens is 2. The van der Waals surface area contributed by atoms with Crippen LogP contribution in [0.3, 0.4) is 0 Å². The van der Waals surface area contributed by atoms with E-state index in [0.29, 0.717) is 0 Å². The van der Waals surface area contributed by atoms with Gasteiger partial charge in [-0.05, 0) is 51.4 Å². The second-order valence-corrected chi connectivity index (χ2v) is 6.53. The standard InChI is InChI=1S/C18H24N4/c1-14-5-7-15(8-6-14)22-18-16(9-10-19-18)17(20-22)13-21-11-3-2-4-12-21/h5-8,19H,2-4,9-13H2,1H3. The van der Waals surface area contributed by atoms with Crippen molar-refractivity contribution in [2.45, 2.75) is 39.2 Å². The summed E-state index contributed by atoms with van der Waals surface area (Å²) >= 11 is 0. The Hall–Kier alpha value is -1.81. The molecule has 3 heterocycles. The molecule has 0 bridgehead atoms. The normalized spacial score (nSPS) is 18.2. The van der Waals surface area contributed by atoms with Crippen molar-refractivity contribution >= 4 is 5.82 Å². The highest BCUT2D eigenvalue weighted by molar-refractivity contribution is 5.57. The van der Waals surface area contributed by atoms with E-state index in [0.717, 1.165) is 25.2 Å². The molecule has 1 N–H and O–H groups in total. The Morgan fingerprint density at radius 1 is 1.09 bits per heavy atom. The molecule has 0 amide bonds. The summed E-state index contributed by atoms with van der Waals surface area (Å²) in [6.45, 7) is 6.60. The first-order valence-electron chi connectivity index (χ1n) is 8.45. The number of nitrogens with zero attached hydrogens (tertiary/aromatic N) is 3. The molecular formula is C18H24N4. The Bertz CT molecular complexity index is 650. The van der Waals surface area contributed by atoms with Gasteiger partial charge in [-0.3, -0.25) is 4.90 Å². The third-order valence-electron chi connectivity index (χ3n) is 4.83. The minimum Gasteiger partial charge on any atom is -0.369 e. The van der Waals surface area contributed by atoms with Gasteiger partial charge >= 0.3 is 0 Å². The lowest BCUT2D eigenvalue weighted by Gasteiger charge is -2.25. The molecule has 4 heteroatoms. The number of hydrogen-bond acceptors (Lipinski definition) is 3. The zero-order chi connectivity index (χ0) is 14.9. The molecule has 2 aliphatic heterocycles. The summed E-state index contributed by atoms with van der Waals surface area (Å²) in [4.78, 5) is 2.56. The SMILES string of the molecule is Cc1ccc(-n2nc(CN3CCCCC3)c3c2NCC3)cc1. The average molecular weight is 296 g/mol. The summed E-state index contributed by atoms with van der Waals surface area (Å²) in [6.07, 6.45) is 5.15. The molecule has 4 nitrogen and oxygen atoms in total. The van der Waals surface area contributed by atoms with Gasteiger partial charge in [0, 0.05) is 18.7 Å². The topological polar surface area (TPSA) is 33.1 Å². The first kappa shape index (κ1) is 13.8. The van der Waals surface area contributed by atoms with E-state index in [4.69, 9.17) is 5.10 Å². The van der Waals surface area contributed by atoms with E-state index in [1.54, 1.807) is 0 Å². The van der Waals surface area contributed by atoms with Gasteiger partial charge in [0.1, 0.15) is 5.82 Å². The van der Waals surface area contributed by atoms with E-state index < -0.39 is 0 Å². The molecular weight excluding hydrogens is 272 g/mol. The number of piperidine rings is 1. The van der Waals surface area contributed by atoms with Crippen LogP contribution in [0.5, 0.6) is 0 Å². The molecule has 1 aromatic carbocycles. The molecule has 22 heavy (non-hydrogen) atoms. The van der Waals surface area contributed by atoms with Crippen LogP contribution in [0.2, 0.25) is 0 Å². The van der Waals surface area contributed by atoms with Gasteiger partial charge in [-0.1, -0.05) is 24.1 Å². The molecule has 4 rings (SSSR count). The second kappa shape index (κ2) is 5.76. The van der Waals surface area contributed by atoms with Crippen molar-refractivity contribution in [1.29, 1.82) is 0 Å². The zero-order valence-corrected chi connectivity index (χ0v) is 13.3. The molecule has 2 aromatic rings. The van der Waals surface area contributed by atoms with Crippen LogP contribution in [-0.4, -0.2) is 34.3 Å². The van der Waals surface area contributed by atoms with Gasteiger partial charge in [-0.2, -0.15) is 5.10 Å².